The van der Waals surface area contributed by atoms with E-state index in [1.807, 2.05) is 0 Å². The summed E-state index contributed by atoms with van der Waals surface area (Å²) in [6.07, 6.45) is 4.52. The van der Waals surface area contributed by atoms with E-state index >= 15 is 0 Å². The fourth-order valence-corrected chi connectivity index (χ4v) is 3.95. The molecule has 0 nitrogen and oxygen atoms in total. The van der Waals surface area contributed by atoms with Gasteiger partial charge in [0.25, 0.3) is 0 Å². The molecule has 0 N–H and O–H groups in total. The summed E-state index contributed by atoms with van der Waals surface area (Å²) in [6.45, 7) is 12.0. The summed E-state index contributed by atoms with van der Waals surface area (Å²) in [4.78, 5) is 0. The van der Waals surface area contributed by atoms with Gasteiger partial charge in [-0.1, -0.05) is 63.8 Å². The molecular formula is C26H30HfSi. The van der Waals surface area contributed by atoms with Crippen molar-refractivity contribution in [1.82, 2.24) is 0 Å². The molecule has 0 atom stereocenters. The average molecular weight is 549 g/mol. The monoisotopic (exact) mass is 550 g/mol. The van der Waals surface area contributed by atoms with E-state index in [1.165, 1.54) is 43.8 Å². The van der Waals surface area contributed by atoms with E-state index < -0.39 is 0 Å². The predicted octanol–water partition coefficient (Wildman–Crippen LogP) is 6.98. The van der Waals surface area contributed by atoms with Gasteiger partial charge in [0.2, 0.25) is 0 Å². The fourth-order valence-electron chi connectivity index (χ4n) is 3.95. The zero-order chi connectivity index (χ0) is 20.5. The molecule has 2 heteroatoms. The summed E-state index contributed by atoms with van der Waals surface area (Å²) in [5.41, 5.74) is 5.88. The molecule has 0 saturated heterocycles. The van der Waals surface area contributed by atoms with E-state index in [0.717, 1.165) is 48.7 Å². The molecule has 4 aromatic carbocycles. The topological polar surface area (TPSA) is 0 Å². The number of benzene rings is 2. The molecule has 0 fully saturated rings. The van der Waals surface area contributed by atoms with Crippen LogP contribution in [0.3, 0.4) is 0 Å². The molecule has 0 amide bonds. The van der Waals surface area contributed by atoms with E-state index in [0.29, 0.717) is 0 Å². The Balaban J connectivity index is 0.000000184. The molecule has 0 aliphatic rings. The quantitative estimate of drug-likeness (QED) is 0.190. The van der Waals surface area contributed by atoms with Gasteiger partial charge in [-0.3, -0.25) is 0 Å². The molecule has 0 aliphatic carbocycles. The molecule has 0 unspecified atom stereocenters. The number of fused-ring (bicyclic) bond motifs is 2. The van der Waals surface area contributed by atoms with Crippen molar-refractivity contribution in [2.75, 3.05) is 0 Å². The van der Waals surface area contributed by atoms with Crippen molar-refractivity contribution in [2.45, 2.75) is 53.4 Å². The summed E-state index contributed by atoms with van der Waals surface area (Å²) in [7, 11) is 0. The van der Waals surface area contributed by atoms with Crippen LogP contribution in [0.4, 0.5) is 0 Å². The van der Waals surface area contributed by atoms with Gasteiger partial charge in [-0.2, -0.15) is 24.3 Å². The van der Waals surface area contributed by atoms with Gasteiger partial charge in [-0.05, 0) is 12.8 Å². The predicted molar refractivity (Wildman–Crippen MR) is 122 cm³/mol. The van der Waals surface area contributed by atoms with Crippen molar-refractivity contribution in [2.24, 2.45) is 0 Å². The second-order valence-electron chi connectivity index (χ2n) is 6.89. The Morgan fingerprint density at radius 1 is 0.571 bits per heavy atom. The van der Waals surface area contributed by atoms with Crippen molar-refractivity contribution >= 4 is 28.5 Å². The van der Waals surface area contributed by atoms with Gasteiger partial charge in [0, 0.05) is 0 Å². The standard InChI is InChI=1S/2C13H15.Hf.Si/c2*1-3-10-8-9-11(4-2)13-7-5-6-12(10)13;;/h2*5-9H,3-4H2,1-2H3;;/q2*-1;+2;. The molecule has 0 saturated carbocycles. The van der Waals surface area contributed by atoms with Gasteiger partial charge in [0.05, 0.1) is 0 Å². The Morgan fingerprint density at radius 3 is 1.21 bits per heavy atom. The molecular weight excluding hydrogens is 519 g/mol. The number of aryl methyl sites for hydroxylation is 4. The third kappa shape index (κ3) is 5.02. The Morgan fingerprint density at radius 2 is 0.893 bits per heavy atom. The summed E-state index contributed by atoms with van der Waals surface area (Å²) in [5, 5.41) is 5.78. The average Bonchev–Trinajstić information content (AvgIpc) is 3.44. The van der Waals surface area contributed by atoms with E-state index in [9.17, 15) is 0 Å². The maximum atomic E-state index is 3.11. The molecule has 0 spiro atoms. The van der Waals surface area contributed by atoms with Crippen LogP contribution in [0.15, 0.2) is 60.7 Å². The molecule has 142 valence electrons. The summed E-state index contributed by atoms with van der Waals surface area (Å²) in [5.74, 6) is 0. The van der Waals surface area contributed by atoms with E-state index in [-0.39, 0.29) is 0 Å². The first-order valence-electron chi connectivity index (χ1n) is 10.3. The van der Waals surface area contributed by atoms with Crippen LogP contribution in [-0.2, 0) is 48.7 Å². The molecule has 0 aliphatic heterocycles. The van der Waals surface area contributed by atoms with Crippen molar-refractivity contribution in [1.29, 1.82) is 0 Å². The van der Waals surface area contributed by atoms with Crippen LogP contribution in [0.5, 0.6) is 0 Å². The molecule has 28 heavy (non-hydrogen) atoms. The molecule has 0 aromatic heterocycles. The van der Waals surface area contributed by atoms with Crippen molar-refractivity contribution in [3.05, 3.63) is 82.9 Å². The second-order valence-corrected chi connectivity index (χ2v) is 6.89. The van der Waals surface area contributed by atoms with Gasteiger partial charge >= 0.3 is 29.9 Å². The summed E-state index contributed by atoms with van der Waals surface area (Å²) < 4.78 is 0. The number of rotatable bonds is 4. The Labute approximate surface area is 187 Å². The van der Waals surface area contributed by atoms with Gasteiger partial charge in [-0.25, -0.2) is 0 Å². The molecule has 4 rings (SSSR count). The van der Waals surface area contributed by atoms with E-state index in [1.54, 1.807) is 0 Å². The SMILES string of the molecule is CCc1ccc(CC)c2[cH-]ccc12.CCc1ccc(CC)c2[cH-]ccc12.[Si]=[Hf+2]. The van der Waals surface area contributed by atoms with Crippen molar-refractivity contribution in [3.8, 4) is 0 Å². The van der Waals surface area contributed by atoms with Gasteiger partial charge in [0.15, 0.2) is 0 Å². The third-order valence-corrected chi connectivity index (χ3v) is 5.51. The first kappa shape index (κ1) is 23.0. The fraction of sp³-hybridized carbons (Fsp3) is 0.308. The Hall–Kier alpha value is -1.25. The minimum atomic E-state index is 1.11. The second kappa shape index (κ2) is 11.7. The van der Waals surface area contributed by atoms with Gasteiger partial charge in [0.1, 0.15) is 0 Å². The Bertz CT molecular complexity index is 848. The first-order valence-corrected chi connectivity index (χ1v) is 16.2. The van der Waals surface area contributed by atoms with Crippen LogP contribution in [0, 0.1) is 0 Å². The van der Waals surface area contributed by atoms with E-state index in [2.05, 4.69) is 95.3 Å². The zero-order valence-electron chi connectivity index (χ0n) is 17.6. The molecule has 0 heterocycles. The molecule has 0 bridgehead atoms. The van der Waals surface area contributed by atoms with Crippen LogP contribution in [-0.4, -0.2) is 6.94 Å². The van der Waals surface area contributed by atoms with Crippen LogP contribution in [0.25, 0.3) is 21.5 Å². The third-order valence-electron chi connectivity index (χ3n) is 5.51. The van der Waals surface area contributed by atoms with Gasteiger partial charge in [-0.15, -0.1) is 56.9 Å². The normalized spacial score (nSPS) is 10.4. The van der Waals surface area contributed by atoms with Gasteiger partial charge < -0.3 is 0 Å². The van der Waals surface area contributed by atoms with Crippen molar-refractivity contribution < 1.29 is 23.0 Å². The van der Waals surface area contributed by atoms with Crippen molar-refractivity contribution in [3.63, 3.8) is 0 Å². The Kier molecular flexibility index (Phi) is 9.60. The minimum absolute atomic E-state index is 1.11. The van der Waals surface area contributed by atoms with Crippen LogP contribution in [0.2, 0.25) is 0 Å². The number of hydrogen-bond acceptors (Lipinski definition) is 0. The maximum absolute atomic E-state index is 3.11. The first-order chi connectivity index (χ1) is 13.7. The summed E-state index contributed by atoms with van der Waals surface area (Å²) in [6, 6.07) is 22.3. The zero-order valence-corrected chi connectivity index (χ0v) is 22.2. The van der Waals surface area contributed by atoms with E-state index in [4.69, 9.17) is 0 Å². The van der Waals surface area contributed by atoms with Crippen LogP contribution in [0.1, 0.15) is 49.9 Å². The number of hydrogen-bond donors (Lipinski definition) is 0. The summed E-state index contributed by atoms with van der Waals surface area (Å²) >= 11 is 1.11. The van der Waals surface area contributed by atoms with Crippen LogP contribution >= 0.6 is 0 Å². The van der Waals surface area contributed by atoms with Crippen LogP contribution < -0.4 is 0 Å². The molecule has 4 aromatic rings. The molecule has 2 radical (unpaired) electrons.